The Morgan fingerprint density at radius 1 is 1.21 bits per heavy atom. The molecule has 0 atom stereocenters. The molecule has 1 fully saturated rings. The van der Waals surface area contributed by atoms with Crippen molar-refractivity contribution in [3.05, 3.63) is 47.3 Å². The highest BCUT2D eigenvalue weighted by atomic mass is 16.5. The predicted octanol–water partition coefficient (Wildman–Crippen LogP) is 2.44. The van der Waals surface area contributed by atoms with Crippen LogP contribution in [0.1, 0.15) is 29.5 Å². The molecule has 1 aromatic carbocycles. The van der Waals surface area contributed by atoms with Crippen molar-refractivity contribution in [1.29, 1.82) is 0 Å². The maximum Gasteiger partial charge on any atom is 0.119 e. The van der Waals surface area contributed by atoms with Gasteiger partial charge in [0, 0.05) is 38.4 Å². The highest BCUT2D eigenvalue weighted by Gasteiger charge is 2.33. The van der Waals surface area contributed by atoms with Gasteiger partial charge in [0.15, 0.2) is 0 Å². The average Bonchev–Trinajstić information content (AvgIpc) is 2.96. The Labute approximate surface area is 143 Å². The normalized spacial score (nSPS) is 17.8. The second-order valence-electron chi connectivity index (χ2n) is 7.06. The Morgan fingerprint density at radius 2 is 1.96 bits per heavy atom. The third-order valence-electron chi connectivity index (χ3n) is 4.94. The molecule has 0 saturated carbocycles. The molecule has 2 heterocycles. The molecule has 1 aliphatic heterocycles. The fraction of sp³-hybridized carbons (Fsp3) is 0.526. The van der Waals surface area contributed by atoms with Gasteiger partial charge in [0.1, 0.15) is 18.0 Å². The van der Waals surface area contributed by atoms with Gasteiger partial charge in [0.25, 0.3) is 0 Å². The summed E-state index contributed by atoms with van der Waals surface area (Å²) in [5.74, 6) is 0.837. The maximum atomic E-state index is 10.8. The fourth-order valence-electron chi connectivity index (χ4n) is 3.10. The lowest BCUT2D eigenvalue weighted by Crippen LogP contribution is -2.47. The van der Waals surface area contributed by atoms with Crippen LogP contribution in [0, 0.1) is 13.8 Å². The quantitative estimate of drug-likeness (QED) is 0.915. The number of likely N-dealkylation sites (tertiary alicyclic amines) is 1. The molecular formula is C19H27N3O2. The van der Waals surface area contributed by atoms with E-state index in [1.807, 2.05) is 36.3 Å². The molecule has 0 bridgehead atoms. The molecule has 24 heavy (non-hydrogen) atoms. The molecule has 3 rings (SSSR count). The van der Waals surface area contributed by atoms with Gasteiger partial charge < -0.3 is 9.84 Å². The van der Waals surface area contributed by atoms with E-state index in [1.54, 1.807) is 0 Å². The van der Waals surface area contributed by atoms with Crippen LogP contribution >= 0.6 is 0 Å². The van der Waals surface area contributed by atoms with E-state index in [2.05, 4.69) is 29.9 Å². The number of aromatic nitrogens is 2. The van der Waals surface area contributed by atoms with Crippen molar-refractivity contribution >= 4 is 0 Å². The molecular weight excluding hydrogens is 302 g/mol. The zero-order valence-electron chi connectivity index (χ0n) is 14.8. The first-order chi connectivity index (χ1) is 11.4. The van der Waals surface area contributed by atoms with Gasteiger partial charge in [0.05, 0.1) is 6.20 Å². The zero-order valence-corrected chi connectivity index (χ0v) is 14.8. The number of ether oxygens (including phenoxy) is 1. The van der Waals surface area contributed by atoms with Crippen molar-refractivity contribution in [1.82, 2.24) is 14.7 Å². The molecule has 1 aliphatic rings. The molecule has 2 aromatic rings. The second-order valence-corrected chi connectivity index (χ2v) is 7.06. The number of piperidine rings is 1. The van der Waals surface area contributed by atoms with Crippen LogP contribution in [0.15, 0.2) is 30.6 Å². The topological polar surface area (TPSA) is 50.5 Å². The van der Waals surface area contributed by atoms with Crippen LogP contribution in [0.25, 0.3) is 0 Å². The Hall–Kier alpha value is -1.85. The summed E-state index contributed by atoms with van der Waals surface area (Å²) in [6.07, 6.45) is 5.42. The van der Waals surface area contributed by atoms with E-state index in [1.165, 1.54) is 16.7 Å². The SMILES string of the molecule is Cc1ccc(OCC2(O)CCN(Cc3cnn(C)c3)CC2)cc1C. The lowest BCUT2D eigenvalue weighted by Gasteiger charge is -2.37. The average molecular weight is 329 g/mol. The van der Waals surface area contributed by atoms with Crippen LogP contribution in [0.2, 0.25) is 0 Å². The molecule has 5 nitrogen and oxygen atoms in total. The first-order valence-electron chi connectivity index (χ1n) is 8.56. The number of rotatable bonds is 5. The molecule has 1 saturated heterocycles. The van der Waals surface area contributed by atoms with Gasteiger partial charge in [-0.3, -0.25) is 9.58 Å². The Morgan fingerprint density at radius 3 is 2.58 bits per heavy atom. The van der Waals surface area contributed by atoms with E-state index in [9.17, 15) is 5.11 Å². The zero-order chi connectivity index (χ0) is 17.2. The molecule has 0 amide bonds. The van der Waals surface area contributed by atoms with Crippen molar-refractivity contribution in [3.8, 4) is 5.75 Å². The minimum atomic E-state index is -0.732. The van der Waals surface area contributed by atoms with Crippen LogP contribution in [0.3, 0.4) is 0 Å². The van der Waals surface area contributed by atoms with E-state index in [0.29, 0.717) is 6.61 Å². The highest BCUT2D eigenvalue weighted by molar-refractivity contribution is 5.33. The monoisotopic (exact) mass is 329 g/mol. The summed E-state index contributed by atoms with van der Waals surface area (Å²) in [5.41, 5.74) is 2.95. The number of aliphatic hydroxyl groups is 1. The Bertz CT molecular complexity index is 688. The fourth-order valence-corrected chi connectivity index (χ4v) is 3.10. The van der Waals surface area contributed by atoms with Crippen molar-refractivity contribution in [2.24, 2.45) is 7.05 Å². The molecule has 1 aromatic heterocycles. The minimum absolute atomic E-state index is 0.357. The van der Waals surface area contributed by atoms with Gasteiger partial charge in [-0.1, -0.05) is 6.07 Å². The first-order valence-corrected chi connectivity index (χ1v) is 8.56. The van der Waals surface area contributed by atoms with E-state index < -0.39 is 5.60 Å². The second kappa shape index (κ2) is 6.95. The molecule has 5 heteroatoms. The predicted molar refractivity (Wildman–Crippen MR) is 94.1 cm³/mol. The third kappa shape index (κ3) is 4.16. The highest BCUT2D eigenvalue weighted by Crippen LogP contribution is 2.25. The van der Waals surface area contributed by atoms with Crippen molar-refractivity contribution in [2.75, 3.05) is 19.7 Å². The van der Waals surface area contributed by atoms with E-state index in [-0.39, 0.29) is 0 Å². The van der Waals surface area contributed by atoms with Gasteiger partial charge in [-0.25, -0.2) is 0 Å². The number of benzene rings is 1. The largest absolute Gasteiger partial charge is 0.491 e. The minimum Gasteiger partial charge on any atom is -0.491 e. The van der Waals surface area contributed by atoms with Gasteiger partial charge in [-0.05, 0) is 49.9 Å². The van der Waals surface area contributed by atoms with Crippen LogP contribution in [0.4, 0.5) is 0 Å². The Balaban J connectivity index is 1.49. The summed E-state index contributed by atoms with van der Waals surface area (Å²) in [6, 6.07) is 6.07. The lowest BCUT2D eigenvalue weighted by atomic mass is 9.92. The van der Waals surface area contributed by atoms with Gasteiger partial charge in [-0.2, -0.15) is 5.10 Å². The van der Waals surface area contributed by atoms with Crippen LogP contribution in [0.5, 0.6) is 5.75 Å². The lowest BCUT2D eigenvalue weighted by molar-refractivity contribution is -0.0537. The molecule has 0 spiro atoms. The van der Waals surface area contributed by atoms with Crippen molar-refractivity contribution < 1.29 is 9.84 Å². The van der Waals surface area contributed by atoms with E-state index in [0.717, 1.165) is 38.2 Å². The number of aryl methyl sites for hydroxylation is 3. The van der Waals surface area contributed by atoms with Gasteiger partial charge in [-0.15, -0.1) is 0 Å². The molecule has 130 valence electrons. The van der Waals surface area contributed by atoms with Crippen LogP contribution < -0.4 is 4.74 Å². The van der Waals surface area contributed by atoms with Gasteiger partial charge >= 0.3 is 0 Å². The summed E-state index contributed by atoms with van der Waals surface area (Å²) < 4.78 is 7.69. The third-order valence-corrected chi connectivity index (χ3v) is 4.94. The maximum absolute atomic E-state index is 10.8. The summed E-state index contributed by atoms with van der Waals surface area (Å²) in [4.78, 5) is 2.36. The van der Waals surface area contributed by atoms with Crippen molar-refractivity contribution in [3.63, 3.8) is 0 Å². The molecule has 0 aliphatic carbocycles. The summed E-state index contributed by atoms with van der Waals surface area (Å²) in [6.45, 7) is 7.17. The number of hydrogen-bond donors (Lipinski definition) is 1. The molecule has 0 unspecified atom stereocenters. The molecule has 0 radical (unpaired) electrons. The van der Waals surface area contributed by atoms with E-state index >= 15 is 0 Å². The van der Waals surface area contributed by atoms with Crippen LogP contribution in [-0.2, 0) is 13.6 Å². The Kier molecular flexibility index (Phi) is 4.92. The number of hydrogen-bond acceptors (Lipinski definition) is 4. The van der Waals surface area contributed by atoms with E-state index in [4.69, 9.17) is 4.74 Å². The first kappa shape index (κ1) is 17.0. The summed E-state index contributed by atoms with van der Waals surface area (Å²) in [7, 11) is 1.93. The summed E-state index contributed by atoms with van der Waals surface area (Å²) in [5, 5.41) is 15.0. The van der Waals surface area contributed by atoms with Crippen LogP contribution in [-0.4, -0.2) is 45.1 Å². The summed E-state index contributed by atoms with van der Waals surface area (Å²) >= 11 is 0. The smallest absolute Gasteiger partial charge is 0.119 e. The number of nitrogens with zero attached hydrogens (tertiary/aromatic N) is 3. The van der Waals surface area contributed by atoms with Gasteiger partial charge in [0.2, 0.25) is 0 Å². The standard InChI is InChI=1S/C19H27N3O2/c1-15-4-5-18(10-16(15)2)24-14-19(23)6-8-22(9-7-19)13-17-11-20-21(3)12-17/h4-5,10-12,23H,6-9,13-14H2,1-3H3. The molecule has 1 N–H and O–H groups in total. The van der Waals surface area contributed by atoms with Crippen molar-refractivity contribution in [2.45, 2.75) is 38.8 Å².